The van der Waals surface area contributed by atoms with Crippen LogP contribution in [-0.2, 0) is 10.0 Å². The van der Waals surface area contributed by atoms with E-state index < -0.39 is 10.0 Å². The quantitative estimate of drug-likeness (QED) is 0.821. The molecule has 0 bridgehead atoms. The molecule has 3 N–H and O–H groups in total. The van der Waals surface area contributed by atoms with Gasteiger partial charge in [-0.2, -0.15) is 0 Å². The highest BCUT2D eigenvalue weighted by Gasteiger charge is 2.20. The average Bonchev–Trinajstić information content (AvgIpc) is 2.44. The molecule has 21 heavy (non-hydrogen) atoms. The van der Waals surface area contributed by atoms with Crippen molar-refractivity contribution in [3.8, 4) is 11.5 Å². The fourth-order valence-electron chi connectivity index (χ4n) is 2.18. The number of sulfonamides is 1. The zero-order valence-corrected chi connectivity index (χ0v) is 13.2. The summed E-state index contributed by atoms with van der Waals surface area (Å²) in [7, 11) is -3.59. The van der Waals surface area contributed by atoms with E-state index in [1.807, 2.05) is 0 Å². The number of ether oxygens (including phenoxy) is 2. The number of nitrogens with one attached hydrogen (secondary N) is 1. The Balaban J connectivity index is 2.05. The molecule has 2 rings (SSSR count). The molecule has 1 aromatic rings. The molecule has 0 saturated carbocycles. The van der Waals surface area contributed by atoms with E-state index in [1.54, 1.807) is 6.07 Å². The van der Waals surface area contributed by atoms with Crippen molar-refractivity contribution in [1.82, 2.24) is 4.72 Å². The number of rotatable bonds is 6. The Kier molecular flexibility index (Phi) is 5.08. The fraction of sp³-hybridized carbons (Fsp3) is 0.571. The van der Waals surface area contributed by atoms with Crippen LogP contribution >= 0.6 is 0 Å². The highest BCUT2D eigenvalue weighted by molar-refractivity contribution is 7.89. The van der Waals surface area contributed by atoms with Crippen LogP contribution < -0.4 is 19.9 Å². The smallest absolute Gasteiger partial charge is 0.240 e. The largest absolute Gasteiger partial charge is 0.486 e. The number of nitrogens with two attached hydrogens (primary N) is 1. The Morgan fingerprint density at radius 3 is 2.57 bits per heavy atom. The normalized spacial score (nSPS) is 16.0. The van der Waals surface area contributed by atoms with Gasteiger partial charge in [-0.25, -0.2) is 13.1 Å². The van der Waals surface area contributed by atoms with Gasteiger partial charge in [0.05, 0.1) is 4.90 Å². The fourth-order valence-corrected chi connectivity index (χ4v) is 3.29. The molecule has 1 aliphatic heterocycles. The second kappa shape index (κ2) is 6.64. The second-order valence-corrected chi connectivity index (χ2v) is 7.31. The molecule has 0 amide bonds. The van der Waals surface area contributed by atoms with Crippen LogP contribution in [0.15, 0.2) is 23.1 Å². The summed E-state index contributed by atoms with van der Waals surface area (Å²) in [6, 6.07) is 4.39. The van der Waals surface area contributed by atoms with Gasteiger partial charge in [-0.05, 0) is 24.5 Å². The summed E-state index contributed by atoms with van der Waals surface area (Å²) < 4.78 is 37.8. The van der Waals surface area contributed by atoms with Crippen molar-refractivity contribution in [2.45, 2.75) is 31.2 Å². The zero-order chi connectivity index (χ0) is 15.5. The second-order valence-electron chi connectivity index (χ2n) is 5.55. The lowest BCUT2D eigenvalue weighted by atomic mass is 10.1. The van der Waals surface area contributed by atoms with E-state index in [2.05, 4.69) is 18.6 Å². The molecule has 0 aliphatic carbocycles. The summed E-state index contributed by atoms with van der Waals surface area (Å²) in [6.07, 6.45) is 0.768. The molecule has 0 spiro atoms. The van der Waals surface area contributed by atoms with Crippen LogP contribution in [0.1, 0.15) is 20.3 Å². The van der Waals surface area contributed by atoms with Gasteiger partial charge in [0.15, 0.2) is 11.5 Å². The maximum Gasteiger partial charge on any atom is 0.240 e. The molecule has 0 aromatic heterocycles. The maximum absolute atomic E-state index is 12.2. The molecule has 1 atom stereocenters. The van der Waals surface area contributed by atoms with E-state index in [0.29, 0.717) is 30.6 Å². The minimum Gasteiger partial charge on any atom is -0.486 e. The molecule has 6 nitrogen and oxygen atoms in total. The first kappa shape index (κ1) is 16.1. The predicted octanol–water partition coefficient (Wildman–Crippen LogP) is 1.11. The summed E-state index contributed by atoms with van der Waals surface area (Å²) in [5, 5.41) is 0. The van der Waals surface area contributed by atoms with Crippen molar-refractivity contribution in [1.29, 1.82) is 0 Å². The van der Waals surface area contributed by atoms with Crippen molar-refractivity contribution in [3.05, 3.63) is 18.2 Å². The molecule has 0 saturated heterocycles. The Bertz CT molecular complexity index is 587. The lowest BCUT2D eigenvalue weighted by Crippen LogP contribution is -2.38. The van der Waals surface area contributed by atoms with E-state index in [1.165, 1.54) is 12.1 Å². The lowest BCUT2D eigenvalue weighted by molar-refractivity contribution is 0.171. The number of fused-ring (bicyclic) bond motifs is 1. The van der Waals surface area contributed by atoms with E-state index in [0.717, 1.165) is 6.42 Å². The number of benzene rings is 1. The molecule has 1 heterocycles. The summed E-state index contributed by atoms with van der Waals surface area (Å²) >= 11 is 0. The SMILES string of the molecule is CC(C)CC(N)CNS(=O)(=O)c1ccc2c(c1)OCCO2. The molecule has 118 valence electrons. The third kappa shape index (κ3) is 4.33. The number of hydrogen-bond donors (Lipinski definition) is 2. The average molecular weight is 314 g/mol. The first-order valence-corrected chi connectivity index (χ1v) is 8.51. The molecule has 1 aliphatic rings. The zero-order valence-electron chi connectivity index (χ0n) is 12.3. The van der Waals surface area contributed by atoms with Crippen LogP contribution in [0.25, 0.3) is 0 Å². The standard InChI is InChI=1S/C14H22N2O4S/c1-10(2)7-11(15)9-16-21(17,18)12-3-4-13-14(8-12)20-6-5-19-13/h3-4,8,10-11,16H,5-7,9,15H2,1-2H3. The van der Waals surface area contributed by atoms with Crippen molar-refractivity contribution in [2.24, 2.45) is 11.7 Å². The first-order valence-electron chi connectivity index (χ1n) is 7.03. The van der Waals surface area contributed by atoms with Crippen molar-refractivity contribution in [3.63, 3.8) is 0 Å². The highest BCUT2D eigenvalue weighted by Crippen LogP contribution is 2.32. The first-order chi connectivity index (χ1) is 9.88. The molecular weight excluding hydrogens is 292 g/mol. The van der Waals surface area contributed by atoms with Crippen LogP contribution in [0, 0.1) is 5.92 Å². The summed E-state index contributed by atoms with van der Waals surface area (Å²) in [6.45, 7) is 5.21. The summed E-state index contributed by atoms with van der Waals surface area (Å²) in [5.74, 6) is 1.45. The maximum atomic E-state index is 12.2. The third-order valence-corrected chi connectivity index (χ3v) is 4.55. The molecular formula is C14H22N2O4S. The minimum absolute atomic E-state index is 0.156. The van der Waals surface area contributed by atoms with E-state index in [9.17, 15) is 8.42 Å². The van der Waals surface area contributed by atoms with Crippen LogP contribution in [0.4, 0.5) is 0 Å². The van der Waals surface area contributed by atoms with Gasteiger partial charge in [0.25, 0.3) is 0 Å². The Labute approximate surface area is 125 Å². The van der Waals surface area contributed by atoms with E-state index in [4.69, 9.17) is 15.2 Å². The van der Waals surface area contributed by atoms with Crippen LogP contribution in [-0.4, -0.2) is 34.2 Å². The highest BCUT2D eigenvalue weighted by atomic mass is 32.2. The third-order valence-electron chi connectivity index (χ3n) is 3.13. The number of hydrogen-bond acceptors (Lipinski definition) is 5. The monoisotopic (exact) mass is 314 g/mol. The summed E-state index contributed by atoms with van der Waals surface area (Å²) in [4.78, 5) is 0.156. The Hall–Kier alpha value is -1.31. The van der Waals surface area contributed by atoms with Gasteiger partial charge in [0.1, 0.15) is 13.2 Å². The van der Waals surface area contributed by atoms with Gasteiger partial charge >= 0.3 is 0 Å². The van der Waals surface area contributed by atoms with Crippen LogP contribution in [0.3, 0.4) is 0 Å². The van der Waals surface area contributed by atoms with Gasteiger partial charge in [-0.3, -0.25) is 0 Å². The molecule has 7 heteroatoms. The van der Waals surface area contributed by atoms with Gasteiger partial charge < -0.3 is 15.2 Å². The van der Waals surface area contributed by atoms with Gasteiger partial charge in [0, 0.05) is 18.7 Å². The minimum atomic E-state index is -3.59. The predicted molar refractivity (Wildman–Crippen MR) is 80.1 cm³/mol. The lowest BCUT2D eigenvalue weighted by Gasteiger charge is -2.19. The Morgan fingerprint density at radius 1 is 1.24 bits per heavy atom. The van der Waals surface area contributed by atoms with Gasteiger partial charge in [-0.1, -0.05) is 13.8 Å². The van der Waals surface area contributed by atoms with Crippen LogP contribution in [0.2, 0.25) is 0 Å². The van der Waals surface area contributed by atoms with Crippen molar-refractivity contribution < 1.29 is 17.9 Å². The Morgan fingerprint density at radius 2 is 1.90 bits per heavy atom. The molecule has 1 aromatic carbocycles. The molecule has 0 radical (unpaired) electrons. The summed E-state index contributed by atoms with van der Waals surface area (Å²) in [5.41, 5.74) is 5.90. The van der Waals surface area contributed by atoms with Gasteiger partial charge in [-0.15, -0.1) is 0 Å². The topological polar surface area (TPSA) is 90.7 Å². The van der Waals surface area contributed by atoms with E-state index in [-0.39, 0.29) is 17.5 Å². The molecule has 1 unspecified atom stereocenters. The molecule has 0 fully saturated rings. The van der Waals surface area contributed by atoms with Crippen LogP contribution in [0.5, 0.6) is 11.5 Å². The van der Waals surface area contributed by atoms with Crippen molar-refractivity contribution in [2.75, 3.05) is 19.8 Å². The van der Waals surface area contributed by atoms with Crippen molar-refractivity contribution >= 4 is 10.0 Å². The van der Waals surface area contributed by atoms with Gasteiger partial charge in [0.2, 0.25) is 10.0 Å². The van der Waals surface area contributed by atoms with E-state index >= 15 is 0 Å².